The first-order valence-corrected chi connectivity index (χ1v) is 11.1. The van der Waals surface area contributed by atoms with E-state index in [4.69, 9.17) is 15.9 Å². The van der Waals surface area contributed by atoms with Crippen molar-refractivity contribution in [3.05, 3.63) is 95.6 Å². The predicted molar refractivity (Wildman–Crippen MR) is 128 cm³/mol. The Labute approximate surface area is 191 Å². The molecule has 1 aliphatic heterocycles. The van der Waals surface area contributed by atoms with E-state index in [1.54, 1.807) is 7.11 Å². The normalized spacial score (nSPS) is 15.2. The molecule has 3 aromatic rings. The lowest BCUT2D eigenvalue weighted by atomic mass is 10.0. The standard InChI is InChI=1S/C28H30N2O2/c1-3-19-32-26-16-15-25(20-27(26)31-2)28-29(21-23-11-6-4-7-12-23)17-10-18-30(28)22-24-13-8-5-9-14-24/h1,4-9,11-16,20,28H,10,17-19,21-22H2,2H3. The van der Waals surface area contributed by atoms with Gasteiger partial charge in [0.1, 0.15) is 6.61 Å². The summed E-state index contributed by atoms with van der Waals surface area (Å²) in [5.74, 6) is 3.91. The molecule has 0 atom stereocenters. The van der Waals surface area contributed by atoms with Gasteiger partial charge in [-0.2, -0.15) is 0 Å². The Hall–Kier alpha value is -3.26. The molecule has 0 spiro atoms. The molecule has 164 valence electrons. The summed E-state index contributed by atoms with van der Waals surface area (Å²) in [4.78, 5) is 5.11. The van der Waals surface area contributed by atoms with Gasteiger partial charge in [0.2, 0.25) is 0 Å². The van der Waals surface area contributed by atoms with E-state index in [1.165, 1.54) is 16.7 Å². The fraction of sp³-hybridized carbons (Fsp3) is 0.286. The molecular formula is C28H30N2O2. The van der Waals surface area contributed by atoms with Gasteiger partial charge in [0.25, 0.3) is 0 Å². The van der Waals surface area contributed by atoms with Gasteiger partial charge in [-0.25, -0.2) is 0 Å². The van der Waals surface area contributed by atoms with Crippen LogP contribution >= 0.6 is 0 Å². The topological polar surface area (TPSA) is 24.9 Å². The van der Waals surface area contributed by atoms with Crippen molar-refractivity contribution in [1.82, 2.24) is 9.80 Å². The molecule has 0 unspecified atom stereocenters. The van der Waals surface area contributed by atoms with Crippen molar-refractivity contribution in [2.24, 2.45) is 0 Å². The van der Waals surface area contributed by atoms with Crippen LogP contribution in [-0.4, -0.2) is 36.6 Å². The van der Waals surface area contributed by atoms with Crippen molar-refractivity contribution in [1.29, 1.82) is 0 Å². The molecule has 1 heterocycles. The summed E-state index contributed by atoms with van der Waals surface area (Å²) in [7, 11) is 1.67. The Balaban J connectivity index is 1.67. The van der Waals surface area contributed by atoms with Crippen molar-refractivity contribution >= 4 is 0 Å². The smallest absolute Gasteiger partial charge is 0.162 e. The Morgan fingerprint density at radius 1 is 0.844 bits per heavy atom. The third-order valence-electron chi connectivity index (χ3n) is 5.84. The quantitative estimate of drug-likeness (QED) is 0.467. The predicted octanol–water partition coefficient (Wildman–Crippen LogP) is 5.11. The fourth-order valence-corrected chi connectivity index (χ4v) is 4.42. The molecule has 4 heteroatoms. The Kier molecular flexibility index (Phi) is 7.45. The highest BCUT2D eigenvalue weighted by Crippen LogP contribution is 2.37. The van der Waals surface area contributed by atoms with Crippen LogP contribution in [0.5, 0.6) is 11.5 Å². The lowest BCUT2D eigenvalue weighted by Gasteiger charge is -2.44. The van der Waals surface area contributed by atoms with Crippen molar-refractivity contribution in [2.45, 2.75) is 25.7 Å². The zero-order valence-electron chi connectivity index (χ0n) is 18.6. The summed E-state index contributed by atoms with van der Waals surface area (Å²) in [5.41, 5.74) is 3.83. The summed E-state index contributed by atoms with van der Waals surface area (Å²) in [5, 5.41) is 0. The zero-order valence-corrected chi connectivity index (χ0v) is 18.6. The highest BCUT2D eigenvalue weighted by Gasteiger charge is 2.31. The van der Waals surface area contributed by atoms with E-state index in [0.29, 0.717) is 11.5 Å². The lowest BCUT2D eigenvalue weighted by molar-refractivity contribution is -0.00921. The van der Waals surface area contributed by atoms with Gasteiger partial charge in [-0.05, 0) is 35.2 Å². The molecule has 0 radical (unpaired) electrons. The largest absolute Gasteiger partial charge is 0.493 e. The average Bonchev–Trinajstić information content (AvgIpc) is 2.84. The van der Waals surface area contributed by atoms with Gasteiger partial charge in [-0.1, -0.05) is 72.7 Å². The molecule has 32 heavy (non-hydrogen) atoms. The first-order valence-electron chi connectivity index (χ1n) is 11.1. The molecule has 0 aromatic heterocycles. The Morgan fingerprint density at radius 3 is 1.97 bits per heavy atom. The molecule has 0 aliphatic carbocycles. The van der Waals surface area contributed by atoms with Gasteiger partial charge in [0.05, 0.1) is 13.3 Å². The summed E-state index contributed by atoms with van der Waals surface area (Å²) in [6, 6.07) is 27.6. The number of nitrogens with zero attached hydrogens (tertiary/aromatic N) is 2. The minimum absolute atomic E-state index is 0.139. The Morgan fingerprint density at radius 2 is 1.44 bits per heavy atom. The van der Waals surface area contributed by atoms with Gasteiger partial charge in [0.15, 0.2) is 11.5 Å². The van der Waals surface area contributed by atoms with Crippen molar-refractivity contribution in [2.75, 3.05) is 26.8 Å². The minimum atomic E-state index is 0.139. The molecule has 4 nitrogen and oxygen atoms in total. The number of hydrogen-bond acceptors (Lipinski definition) is 4. The van der Waals surface area contributed by atoms with Crippen molar-refractivity contribution < 1.29 is 9.47 Å². The second-order valence-corrected chi connectivity index (χ2v) is 8.04. The maximum Gasteiger partial charge on any atom is 0.162 e. The summed E-state index contributed by atoms with van der Waals surface area (Å²) in [6.45, 7) is 4.10. The monoisotopic (exact) mass is 426 g/mol. The highest BCUT2D eigenvalue weighted by atomic mass is 16.5. The van der Waals surface area contributed by atoms with Gasteiger partial charge in [-0.15, -0.1) is 6.42 Å². The molecule has 0 saturated carbocycles. The second kappa shape index (κ2) is 10.9. The first-order chi connectivity index (χ1) is 15.8. The van der Waals surface area contributed by atoms with Crippen molar-refractivity contribution in [3.63, 3.8) is 0 Å². The summed E-state index contributed by atoms with van der Waals surface area (Å²) >= 11 is 0. The number of methoxy groups -OCH3 is 1. The van der Waals surface area contributed by atoms with Gasteiger partial charge in [-0.3, -0.25) is 9.80 Å². The van der Waals surface area contributed by atoms with Crippen LogP contribution in [0.4, 0.5) is 0 Å². The van der Waals surface area contributed by atoms with E-state index in [1.807, 2.05) is 6.07 Å². The maximum absolute atomic E-state index is 5.68. The van der Waals surface area contributed by atoms with Crippen LogP contribution in [0, 0.1) is 12.3 Å². The fourth-order valence-electron chi connectivity index (χ4n) is 4.42. The summed E-state index contributed by atoms with van der Waals surface area (Å²) < 4.78 is 11.3. The molecule has 0 bridgehead atoms. The van der Waals surface area contributed by atoms with Gasteiger partial charge >= 0.3 is 0 Å². The molecule has 1 aliphatic rings. The number of terminal acetylenes is 1. The average molecular weight is 427 g/mol. The molecule has 0 amide bonds. The van der Waals surface area contributed by atoms with Gasteiger partial charge < -0.3 is 9.47 Å². The zero-order chi connectivity index (χ0) is 22.2. The number of rotatable bonds is 8. The van der Waals surface area contributed by atoms with E-state index < -0.39 is 0 Å². The second-order valence-electron chi connectivity index (χ2n) is 8.04. The van der Waals surface area contributed by atoms with Crippen LogP contribution in [0.25, 0.3) is 0 Å². The maximum atomic E-state index is 5.68. The third-order valence-corrected chi connectivity index (χ3v) is 5.84. The number of benzene rings is 3. The van der Waals surface area contributed by atoms with Crippen LogP contribution in [0.1, 0.15) is 29.3 Å². The van der Waals surface area contributed by atoms with E-state index >= 15 is 0 Å². The van der Waals surface area contributed by atoms with Gasteiger partial charge in [0, 0.05) is 26.2 Å². The van der Waals surface area contributed by atoms with Crippen LogP contribution in [0.2, 0.25) is 0 Å². The molecule has 3 aromatic carbocycles. The molecule has 4 rings (SSSR count). The van der Waals surface area contributed by atoms with Crippen LogP contribution in [0.3, 0.4) is 0 Å². The first kappa shape index (κ1) is 22.0. The van der Waals surface area contributed by atoms with Crippen LogP contribution < -0.4 is 9.47 Å². The Bertz CT molecular complexity index is 981. The summed E-state index contributed by atoms with van der Waals surface area (Å²) in [6.07, 6.45) is 6.64. The highest BCUT2D eigenvalue weighted by molar-refractivity contribution is 5.44. The number of ether oxygens (including phenoxy) is 2. The molecule has 1 saturated heterocycles. The van der Waals surface area contributed by atoms with E-state index in [2.05, 4.69) is 88.5 Å². The minimum Gasteiger partial charge on any atom is -0.493 e. The van der Waals surface area contributed by atoms with E-state index in [0.717, 1.165) is 32.6 Å². The molecule has 0 N–H and O–H groups in total. The van der Waals surface area contributed by atoms with E-state index in [9.17, 15) is 0 Å². The lowest BCUT2D eigenvalue weighted by Crippen LogP contribution is -2.46. The third kappa shape index (κ3) is 5.31. The number of hydrogen-bond donors (Lipinski definition) is 0. The van der Waals surface area contributed by atoms with Crippen molar-refractivity contribution in [3.8, 4) is 23.8 Å². The SMILES string of the molecule is C#CCOc1ccc(C2N(Cc3ccccc3)CCCN2Cc2ccccc2)cc1OC. The van der Waals surface area contributed by atoms with E-state index in [-0.39, 0.29) is 12.8 Å². The molecule has 1 fully saturated rings. The van der Waals surface area contributed by atoms with Crippen LogP contribution in [-0.2, 0) is 13.1 Å². The molecular weight excluding hydrogens is 396 g/mol. The van der Waals surface area contributed by atoms with Crippen LogP contribution in [0.15, 0.2) is 78.9 Å².